The number of likely N-dealkylation sites (tertiary alicyclic amines) is 1. The molecule has 4 rings (SSSR count). The minimum absolute atomic E-state index is 0.131. The quantitative estimate of drug-likeness (QED) is 0.212. The van der Waals surface area contributed by atoms with Gasteiger partial charge >= 0.3 is 0 Å². The summed E-state index contributed by atoms with van der Waals surface area (Å²) in [5, 5.41) is 5.03. The van der Waals surface area contributed by atoms with E-state index < -0.39 is 0 Å². The van der Waals surface area contributed by atoms with E-state index >= 15 is 0 Å². The fourth-order valence-electron chi connectivity index (χ4n) is 5.57. The van der Waals surface area contributed by atoms with E-state index in [0.717, 1.165) is 73.4 Å². The lowest BCUT2D eigenvalue weighted by Gasteiger charge is -2.26. The van der Waals surface area contributed by atoms with Crippen molar-refractivity contribution < 1.29 is 9.53 Å². The smallest absolute Gasteiger partial charge is 0.253 e. The summed E-state index contributed by atoms with van der Waals surface area (Å²) in [7, 11) is 0. The van der Waals surface area contributed by atoms with Crippen molar-refractivity contribution in [1.82, 2.24) is 19.4 Å². The maximum atomic E-state index is 13.8. The molecule has 0 aliphatic carbocycles. The highest BCUT2D eigenvalue weighted by Gasteiger charge is 2.21. The van der Waals surface area contributed by atoms with E-state index in [9.17, 15) is 4.79 Å². The summed E-state index contributed by atoms with van der Waals surface area (Å²) >= 11 is 0. The van der Waals surface area contributed by atoms with Crippen LogP contribution in [0.25, 0.3) is 16.8 Å². The van der Waals surface area contributed by atoms with Gasteiger partial charge in [0.2, 0.25) is 0 Å². The van der Waals surface area contributed by atoms with Crippen molar-refractivity contribution in [3.63, 3.8) is 0 Å². The van der Waals surface area contributed by atoms with Crippen molar-refractivity contribution >= 4 is 11.4 Å². The van der Waals surface area contributed by atoms with Crippen LogP contribution in [0, 0.1) is 11.8 Å². The van der Waals surface area contributed by atoms with Crippen LogP contribution in [0.5, 0.6) is 5.75 Å². The van der Waals surface area contributed by atoms with E-state index in [1.54, 1.807) is 0 Å². The highest BCUT2D eigenvalue weighted by Crippen LogP contribution is 2.30. The van der Waals surface area contributed by atoms with Gasteiger partial charge in [-0.15, -0.1) is 0 Å². The lowest BCUT2D eigenvalue weighted by Crippen LogP contribution is -2.34. The van der Waals surface area contributed by atoms with Crippen molar-refractivity contribution in [3.05, 3.63) is 53.7 Å². The number of benzene rings is 1. The zero-order chi connectivity index (χ0) is 28.5. The van der Waals surface area contributed by atoms with E-state index in [-0.39, 0.29) is 5.91 Å². The molecule has 3 aromatic rings. The SMILES string of the molecule is CCOc1ccc(-c2nn3ccc(C(=O)N(CCC(C)C)CCC(C)C)cc3c2CCCN2CCCCC2)cc1. The van der Waals surface area contributed by atoms with Gasteiger partial charge in [-0.2, -0.15) is 5.10 Å². The number of carbonyl (C=O) groups excluding carboxylic acids is 1. The van der Waals surface area contributed by atoms with E-state index in [1.807, 2.05) is 35.8 Å². The Morgan fingerprint density at radius 2 is 1.65 bits per heavy atom. The minimum Gasteiger partial charge on any atom is -0.494 e. The van der Waals surface area contributed by atoms with E-state index in [4.69, 9.17) is 9.84 Å². The summed E-state index contributed by atoms with van der Waals surface area (Å²) in [4.78, 5) is 18.5. The number of rotatable bonds is 14. The molecule has 0 bridgehead atoms. The van der Waals surface area contributed by atoms with Crippen LogP contribution >= 0.6 is 0 Å². The first-order chi connectivity index (χ1) is 19.4. The van der Waals surface area contributed by atoms with Gasteiger partial charge in [0, 0.05) is 36.0 Å². The third-order valence-corrected chi connectivity index (χ3v) is 8.01. The Bertz CT molecular complexity index is 1200. The summed E-state index contributed by atoms with van der Waals surface area (Å²) in [5.41, 5.74) is 5.12. The molecule has 0 atom stereocenters. The highest BCUT2D eigenvalue weighted by atomic mass is 16.5. The fraction of sp³-hybridized carbons (Fsp3) is 0.588. The predicted octanol–water partition coefficient (Wildman–Crippen LogP) is 7.35. The lowest BCUT2D eigenvalue weighted by atomic mass is 10.0. The molecule has 1 aliphatic rings. The molecule has 1 aliphatic heterocycles. The number of aryl methyl sites for hydroxylation is 1. The van der Waals surface area contributed by atoms with Gasteiger partial charge in [0.05, 0.1) is 17.8 Å². The molecule has 6 nitrogen and oxygen atoms in total. The molecule has 6 heteroatoms. The minimum atomic E-state index is 0.131. The van der Waals surface area contributed by atoms with Crippen molar-refractivity contribution in [3.8, 4) is 17.0 Å². The lowest BCUT2D eigenvalue weighted by molar-refractivity contribution is 0.0741. The number of carbonyl (C=O) groups is 1. The van der Waals surface area contributed by atoms with Crippen molar-refractivity contribution in [1.29, 1.82) is 0 Å². The van der Waals surface area contributed by atoms with Crippen molar-refractivity contribution in [2.75, 3.05) is 39.3 Å². The fourth-order valence-corrected chi connectivity index (χ4v) is 5.57. The Balaban J connectivity index is 1.64. The van der Waals surface area contributed by atoms with E-state index in [2.05, 4.69) is 55.7 Å². The number of fused-ring (bicyclic) bond motifs is 1. The Morgan fingerprint density at radius 1 is 0.975 bits per heavy atom. The van der Waals surface area contributed by atoms with Gasteiger partial charge in [-0.3, -0.25) is 4.79 Å². The first kappa shape index (κ1) is 30.1. The number of amides is 1. The molecule has 218 valence electrons. The first-order valence-electron chi connectivity index (χ1n) is 15.6. The molecule has 0 radical (unpaired) electrons. The van der Waals surface area contributed by atoms with Crippen LogP contribution in [0.4, 0.5) is 0 Å². The molecule has 1 aromatic carbocycles. The summed E-state index contributed by atoms with van der Waals surface area (Å²) in [5.74, 6) is 2.13. The first-order valence-corrected chi connectivity index (χ1v) is 15.6. The Kier molecular flexibility index (Phi) is 11.0. The van der Waals surface area contributed by atoms with Crippen LogP contribution in [0.2, 0.25) is 0 Å². The molecule has 0 saturated carbocycles. The molecule has 3 heterocycles. The molecular weight excluding hydrogens is 496 g/mol. The molecule has 1 amide bonds. The second kappa shape index (κ2) is 14.7. The Hall–Kier alpha value is -2.86. The number of aromatic nitrogens is 2. The second-order valence-electron chi connectivity index (χ2n) is 12.2. The number of nitrogens with zero attached hydrogens (tertiary/aromatic N) is 4. The largest absolute Gasteiger partial charge is 0.494 e. The van der Waals surface area contributed by atoms with Gasteiger partial charge in [0.1, 0.15) is 5.75 Å². The average molecular weight is 547 g/mol. The van der Waals surface area contributed by atoms with Crippen LogP contribution in [-0.4, -0.2) is 64.7 Å². The zero-order valence-corrected chi connectivity index (χ0v) is 25.5. The van der Waals surface area contributed by atoms with Gasteiger partial charge < -0.3 is 14.5 Å². The Morgan fingerprint density at radius 3 is 2.27 bits per heavy atom. The van der Waals surface area contributed by atoms with Crippen molar-refractivity contribution in [2.45, 2.75) is 79.6 Å². The third kappa shape index (κ3) is 8.09. The summed E-state index contributed by atoms with van der Waals surface area (Å²) in [6.07, 6.45) is 9.99. The molecule has 40 heavy (non-hydrogen) atoms. The number of piperidine rings is 1. The normalized spacial score (nSPS) is 14.4. The molecule has 0 unspecified atom stereocenters. The van der Waals surface area contributed by atoms with E-state index in [1.165, 1.54) is 37.9 Å². The van der Waals surface area contributed by atoms with Crippen LogP contribution in [-0.2, 0) is 6.42 Å². The van der Waals surface area contributed by atoms with Gasteiger partial charge in [0.15, 0.2) is 0 Å². The number of ether oxygens (including phenoxy) is 1. The average Bonchev–Trinajstić information content (AvgIpc) is 3.31. The monoisotopic (exact) mass is 546 g/mol. The van der Waals surface area contributed by atoms with Crippen LogP contribution in [0.3, 0.4) is 0 Å². The van der Waals surface area contributed by atoms with Crippen LogP contribution in [0.1, 0.15) is 89.1 Å². The second-order valence-corrected chi connectivity index (χ2v) is 12.2. The van der Waals surface area contributed by atoms with Crippen LogP contribution < -0.4 is 4.74 Å². The molecule has 1 saturated heterocycles. The van der Waals surface area contributed by atoms with Gasteiger partial charge in [-0.1, -0.05) is 34.1 Å². The molecule has 2 aromatic heterocycles. The van der Waals surface area contributed by atoms with Crippen molar-refractivity contribution in [2.24, 2.45) is 11.8 Å². The Labute approximate surface area is 241 Å². The van der Waals surface area contributed by atoms with Gasteiger partial charge in [-0.25, -0.2) is 4.52 Å². The summed E-state index contributed by atoms with van der Waals surface area (Å²) in [6.45, 7) is 16.7. The molecular formula is C34H50N4O2. The molecule has 0 spiro atoms. The van der Waals surface area contributed by atoms with Crippen LogP contribution in [0.15, 0.2) is 42.6 Å². The molecule has 1 fully saturated rings. The third-order valence-electron chi connectivity index (χ3n) is 8.01. The number of pyridine rings is 1. The van der Waals surface area contributed by atoms with E-state index in [0.29, 0.717) is 18.4 Å². The maximum Gasteiger partial charge on any atom is 0.253 e. The molecule has 0 N–H and O–H groups in total. The standard InChI is InChI=1S/C34H50N4O2/c1-6-40-30-14-12-28(13-15-30)33-31(11-10-21-36-19-8-7-9-20-36)32-25-29(18-24-38(32)35-33)34(39)37(22-16-26(2)3)23-17-27(4)5/h12-15,18,24-27H,6-11,16-17,19-23H2,1-5H3. The topological polar surface area (TPSA) is 50.1 Å². The van der Waals surface area contributed by atoms with Gasteiger partial charge in [-0.05, 0) is 113 Å². The highest BCUT2D eigenvalue weighted by molar-refractivity contribution is 5.95. The number of hydrogen-bond acceptors (Lipinski definition) is 4. The maximum absolute atomic E-state index is 13.8. The number of hydrogen-bond donors (Lipinski definition) is 0. The predicted molar refractivity (Wildman–Crippen MR) is 165 cm³/mol. The summed E-state index contributed by atoms with van der Waals surface area (Å²) in [6, 6.07) is 12.3. The zero-order valence-electron chi connectivity index (χ0n) is 25.5. The summed E-state index contributed by atoms with van der Waals surface area (Å²) < 4.78 is 7.64. The van der Waals surface area contributed by atoms with Gasteiger partial charge in [0.25, 0.3) is 5.91 Å².